The monoisotopic (exact) mass is 780 g/mol. The second-order valence-electron chi connectivity index (χ2n) is 14.9. The molecule has 0 radical (unpaired) electrons. The maximum Gasteiger partial charge on any atom is 0.261 e. The smallest absolute Gasteiger partial charge is 0.261 e. The number of imide groups is 1. The summed E-state index contributed by atoms with van der Waals surface area (Å²) in [6, 6.07) is 43.5. The molecule has 5 aromatic carbocycles. The number of nitrogens with two attached hydrogens (primary N) is 1. The molecule has 2 N–H and O–H groups in total. The van der Waals surface area contributed by atoms with E-state index in [0.29, 0.717) is 17.7 Å². The van der Waals surface area contributed by atoms with E-state index in [-0.39, 0.29) is 11.8 Å². The zero-order chi connectivity index (χ0) is 39.9. The fourth-order valence-electron chi connectivity index (χ4n) is 7.79. The first kappa shape index (κ1) is 40.5. The normalized spacial score (nSPS) is 15.8. The van der Waals surface area contributed by atoms with Crippen LogP contribution in [0.25, 0.3) is 0 Å². The first-order valence-corrected chi connectivity index (χ1v) is 20.8. The van der Waals surface area contributed by atoms with Crippen molar-refractivity contribution in [1.82, 2.24) is 14.7 Å². The van der Waals surface area contributed by atoms with E-state index in [1.54, 1.807) is 24.3 Å². The van der Waals surface area contributed by atoms with E-state index in [4.69, 9.17) is 15.2 Å². The SMILES string of the molecule is NCCCCN1CCN(c2ccccc2Oc2ccccc2)CC1.O=C1c2ccccc2C(=O)N1CCCCN1CCN(c2ccccc2Oc2ccccc2)CC1. The summed E-state index contributed by atoms with van der Waals surface area (Å²) in [5.74, 6) is 3.21. The molecule has 10 heteroatoms. The lowest BCUT2D eigenvalue weighted by molar-refractivity contribution is 0.0650. The lowest BCUT2D eigenvalue weighted by Crippen LogP contribution is -2.46. The van der Waals surface area contributed by atoms with Crippen molar-refractivity contribution in [1.29, 1.82) is 0 Å². The number of carbonyl (C=O) groups is 2. The Hall–Kier alpha value is -5.68. The number of nitrogens with zero attached hydrogens (tertiary/aromatic N) is 5. The maximum absolute atomic E-state index is 12.5. The van der Waals surface area contributed by atoms with Gasteiger partial charge in [-0.25, -0.2) is 0 Å². The Morgan fingerprint density at radius 3 is 1.26 bits per heavy atom. The number of carbonyl (C=O) groups excluding carboxylic acids is 2. The standard InChI is InChI=1S/C28H29N3O3.C20H27N3O/c32-27-23-12-4-5-13-24(23)28(33)31(27)17-9-8-16-29-18-20-30(21-19-29)25-14-6-7-15-26(25)34-22-10-2-1-3-11-22;21-12-6-7-13-22-14-16-23(17-15-22)19-10-4-5-11-20(19)24-18-8-2-1-3-9-18/h1-7,10-15H,8-9,16-21H2;1-5,8-11H,6-7,12-17,21H2. The van der Waals surface area contributed by atoms with E-state index < -0.39 is 0 Å². The van der Waals surface area contributed by atoms with Crippen molar-refractivity contribution in [2.75, 3.05) is 88.3 Å². The van der Waals surface area contributed by atoms with Gasteiger partial charge in [0.15, 0.2) is 11.5 Å². The molecular weight excluding hydrogens is 725 g/mol. The average Bonchev–Trinajstić information content (AvgIpc) is 3.52. The third kappa shape index (κ3) is 10.6. The maximum atomic E-state index is 12.5. The number of rotatable bonds is 15. The molecule has 0 unspecified atom stereocenters. The summed E-state index contributed by atoms with van der Waals surface area (Å²) in [5.41, 5.74) is 8.94. The molecule has 302 valence electrons. The van der Waals surface area contributed by atoms with Gasteiger partial charge in [-0.15, -0.1) is 0 Å². The van der Waals surface area contributed by atoms with Crippen LogP contribution in [0.2, 0.25) is 0 Å². The average molecular weight is 781 g/mol. The lowest BCUT2D eigenvalue weighted by Gasteiger charge is -2.36. The van der Waals surface area contributed by atoms with Crippen LogP contribution in [0.1, 0.15) is 46.4 Å². The first-order chi connectivity index (χ1) is 28.6. The summed E-state index contributed by atoms with van der Waals surface area (Å²) in [6.07, 6.45) is 4.10. The Bertz CT molecular complexity index is 2010. The third-order valence-corrected chi connectivity index (χ3v) is 11.0. The van der Waals surface area contributed by atoms with E-state index >= 15 is 0 Å². The van der Waals surface area contributed by atoms with Crippen LogP contribution in [-0.4, -0.2) is 105 Å². The van der Waals surface area contributed by atoms with Gasteiger partial charge in [-0.1, -0.05) is 72.8 Å². The Morgan fingerprint density at radius 2 is 0.810 bits per heavy atom. The minimum atomic E-state index is -0.161. The molecule has 3 aliphatic rings. The van der Waals surface area contributed by atoms with Crippen molar-refractivity contribution in [3.63, 3.8) is 0 Å². The number of piperazine rings is 2. The highest BCUT2D eigenvalue weighted by Gasteiger charge is 2.34. The van der Waals surface area contributed by atoms with Crippen molar-refractivity contribution in [2.24, 2.45) is 5.73 Å². The van der Waals surface area contributed by atoms with Crippen LogP contribution >= 0.6 is 0 Å². The highest BCUT2D eigenvalue weighted by Crippen LogP contribution is 2.34. The van der Waals surface area contributed by atoms with Crippen LogP contribution in [-0.2, 0) is 0 Å². The highest BCUT2D eigenvalue weighted by molar-refractivity contribution is 6.21. The Balaban J connectivity index is 0.000000188. The number of amides is 2. The molecule has 3 heterocycles. The topological polar surface area (TPSA) is 94.8 Å². The van der Waals surface area contributed by atoms with Crippen LogP contribution in [0.3, 0.4) is 0 Å². The second-order valence-corrected chi connectivity index (χ2v) is 14.9. The minimum Gasteiger partial charge on any atom is -0.455 e. The lowest BCUT2D eigenvalue weighted by atomic mass is 10.1. The predicted octanol–water partition coefficient (Wildman–Crippen LogP) is 8.02. The van der Waals surface area contributed by atoms with Gasteiger partial charge in [-0.2, -0.15) is 0 Å². The molecule has 2 fully saturated rings. The molecule has 10 nitrogen and oxygen atoms in total. The number of fused-ring (bicyclic) bond motifs is 1. The van der Waals surface area contributed by atoms with E-state index in [1.807, 2.05) is 78.9 Å². The molecule has 2 amide bonds. The molecule has 0 aromatic heterocycles. The van der Waals surface area contributed by atoms with E-state index in [9.17, 15) is 9.59 Å². The van der Waals surface area contributed by atoms with Crippen LogP contribution in [0.4, 0.5) is 11.4 Å². The highest BCUT2D eigenvalue weighted by atomic mass is 16.5. The van der Waals surface area contributed by atoms with Crippen molar-refractivity contribution in [2.45, 2.75) is 25.7 Å². The molecule has 0 atom stereocenters. The summed E-state index contributed by atoms with van der Waals surface area (Å²) < 4.78 is 12.2. The van der Waals surface area contributed by atoms with E-state index in [1.165, 1.54) is 17.0 Å². The van der Waals surface area contributed by atoms with Gasteiger partial charge >= 0.3 is 0 Å². The number of benzene rings is 5. The van der Waals surface area contributed by atoms with Crippen LogP contribution in [0, 0.1) is 0 Å². The summed E-state index contributed by atoms with van der Waals surface area (Å²) in [7, 11) is 0. The van der Waals surface area contributed by atoms with Crippen molar-refractivity contribution >= 4 is 23.2 Å². The zero-order valence-electron chi connectivity index (χ0n) is 33.5. The van der Waals surface area contributed by atoms with Crippen molar-refractivity contribution < 1.29 is 19.1 Å². The number of anilines is 2. The fourth-order valence-corrected chi connectivity index (χ4v) is 7.79. The summed E-state index contributed by atoms with van der Waals surface area (Å²) in [6.45, 7) is 11.5. The van der Waals surface area contributed by atoms with Crippen LogP contribution < -0.4 is 25.0 Å². The fraction of sp³-hybridized carbons (Fsp3) is 0.333. The Morgan fingerprint density at radius 1 is 0.431 bits per heavy atom. The van der Waals surface area contributed by atoms with Gasteiger partial charge in [0.05, 0.1) is 22.5 Å². The molecular formula is C48H56N6O4. The number of para-hydroxylation sites is 6. The van der Waals surface area contributed by atoms with Crippen molar-refractivity contribution in [3.05, 3.63) is 145 Å². The number of ether oxygens (including phenoxy) is 2. The number of hydrogen-bond acceptors (Lipinski definition) is 9. The number of unbranched alkanes of at least 4 members (excludes halogenated alkanes) is 2. The molecule has 3 aliphatic heterocycles. The zero-order valence-corrected chi connectivity index (χ0v) is 33.5. The molecule has 0 aliphatic carbocycles. The van der Waals surface area contributed by atoms with Gasteiger partial charge in [0.2, 0.25) is 0 Å². The third-order valence-electron chi connectivity index (χ3n) is 11.0. The first-order valence-electron chi connectivity index (χ1n) is 20.8. The molecule has 0 spiro atoms. The van der Waals surface area contributed by atoms with Gasteiger partial charge in [-0.3, -0.25) is 24.3 Å². The summed E-state index contributed by atoms with van der Waals surface area (Å²) in [4.78, 5) is 36.2. The van der Waals surface area contributed by atoms with Gasteiger partial charge in [0.25, 0.3) is 11.8 Å². The van der Waals surface area contributed by atoms with E-state index in [2.05, 4.69) is 49.9 Å². The van der Waals surface area contributed by atoms with Crippen LogP contribution in [0.15, 0.2) is 133 Å². The molecule has 8 rings (SSSR count). The molecule has 5 aromatic rings. The molecule has 0 saturated carbocycles. The predicted molar refractivity (Wildman–Crippen MR) is 233 cm³/mol. The molecule has 2 saturated heterocycles. The molecule has 58 heavy (non-hydrogen) atoms. The van der Waals surface area contributed by atoms with Gasteiger partial charge in [-0.05, 0) is 106 Å². The Kier molecular flexibility index (Phi) is 14.4. The quantitative estimate of drug-likeness (QED) is 0.0838. The summed E-state index contributed by atoms with van der Waals surface area (Å²) in [5, 5.41) is 0. The van der Waals surface area contributed by atoms with Gasteiger partial charge in [0.1, 0.15) is 11.5 Å². The minimum absolute atomic E-state index is 0.161. The van der Waals surface area contributed by atoms with E-state index in [0.717, 1.165) is 120 Å². The second kappa shape index (κ2) is 20.7. The van der Waals surface area contributed by atoms with Gasteiger partial charge in [0, 0.05) is 58.9 Å². The largest absolute Gasteiger partial charge is 0.455 e. The molecule has 0 bridgehead atoms. The Labute approximate surface area is 343 Å². The number of hydrogen-bond donors (Lipinski definition) is 1. The van der Waals surface area contributed by atoms with Gasteiger partial charge < -0.3 is 25.0 Å². The van der Waals surface area contributed by atoms with Crippen molar-refractivity contribution in [3.8, 4) is 23.0 Å². The van der Waals surface area contributed by atoms with Crippen LogP contribution in [0.5, 0.6) is 23.0 Å². The summed E-state index contributed by atoms with van der Waals surface area (Å²) >= 11 is 0.